The number of carbonyl (C=O) groups excluding carboxylic acids is 2. The number of hydrogen-bond donors (Lipinski definition) is 0. The fourth-order valence-corrected chi connectivity index (χ4v) is 3.26. The molecule has 3 heterocycles. The highest BCUT2D eigenvalue weighted by molar-refractivity contribution is 5.91. The maximum atomic E-state index is 12.5. The molecule has 1 aromatic carbocycles. The van der Waals surface area contributed by atoms with Gasteiger partial charge in [0.15, 0.2) is 5.76 Å². The van der Waals surface area contributed by atoms with Gasteiger partial charge in [0.2, 0.25) is 17.6 Å². The molecule has 1 saturated heterocycles. The first-order valence-corrected chi connectivity index (χ1v) is 9.60. The van der Waals surface area contributed by atoms with Gasteiger partial charge in [0.05, 0.1) is 6.26 Å². The van der Waals surface area contributed by atoms with Crippen LogP contribution < -0.4 is 0 Å². The van der Waals surface area contributed by atoms with Crippen molar-refractivity contribution in [3.8, 4) is 11.4 Å². The highest BCUT2D eigenvalue weighted by atomic mass is 16.5. The lowest BCUT2D eigenvalue weighted by molar-refractivity contribution is -0.132. The standard InChI is InChI=1S/C21H22N4O4/c1-15-4-6-16(7-5-15)20-22-18(29-23-20)8-9-19(26)24-10-12-25(13-11-24)21(27)17-3-2-14-28-17/h2-7,14H,8-13H2,1H3. The zero-order valence-electron chi connectivity index (χ0n) is 16.2. The Morgan fingerprint density at radius 3 is 2.45 bits per heavy atom. The van der Waals surface area contributed by atoms with Gasteiger partial charge in [-0.25, -0.2) is 0 Å². The topological polar surface area (TPSA) is 92.7 Å². The largest absolute Gasteiger partial charge is 0.459 e. The summed E-state index contributed by atoms with van der Waals surface area (Å²) in [6.45, 7) is 4.00. The van der Waals surface area contributed by atoms with E-state index in [1.54, 1.807) is 21.9 Å². The van der Waals surface area contributed by atoms with Crippen LogP contribution in [0.5, 0.6) is 0 Å². The van der Waals surface area contributed by atoms with Crippen molar-refractivity contribution in [1.29, 1.82) is 0 Å². The fourth-order valence-electron chi connectivity index (χ4n) is 3.26. The lowest BCUT2D eigenvalue weighted by atomic mass is 10.1. The van der Waals surface area contributed by atoms with Gasteiger partial charge in [0, 0.05) is 44.6 Å². The third kappa shape index (κ3) is 4.37. The molecule has 150 valence electrons. The van der Waals surface area contributed by atoms with E-state index in [0.29, 0.717) is 56.5 Å². The van der Waals surface area contributed by atoms with E-state index in [1.165, 1.54) is 6.26 Å². The lowest BCUT2D eigenvalue weighted by Crippen LogP contribution is -2.50. The summed E-state index contributed by atoms with van der Waals surface area (Å²) in [6.07, 6.45) is 2.17. The highest BCUT2D eigenvalue weighted by Gasteiger charge is 2.26. The summed E-state index contributed by atoms with van der Waals surface area (Å²) in [7, 11) is 0. The predicted octanol–water partition coefficient (Wildman–Crippen LogP) is 2.56. The second kappa shape index (κ2) is 8.30. The summed E-state index contributed by atoms with van der Waals surface area (Å²) in [5.74, 6) is 1.17. The number of amides is 2. The number of hydrogen-bond acceptors (Lipinski definition) is 6. The van der Waals surface area contributed by atoms with Gasteiger partial charge in [0.1, 0.15) is 0 Å². The fraction of sp³-hybridized carbons (Fsp3) is 0.333. The van der Waals surface area contributed by atoms with Crippen LogP contribution in [0.3, 0.4) is 0 Å². The van der Waals surface area contributed by atoms with Crippen LogP contribution in [0.1, 0.15) is 28.4 Å². The van der Waals surface area contributed by atoms with Gasteiger partial charge in [-0.05, 0) is 19.1 Å². The van der Waals surface area contributed by atoms with E-state index in [0.717, 1.165) is 11.1 Å². The van der Waals surface area contributed by atoms with Gasteiger partial charge in [-0.15, -0.1) is 0 Å². The van der Waals surface area contributed by atoms with Gasteiger partial charge < -0.3 is 18.7 Å². The molecule has 1 aliphatic heterocycles. The Bertz CT molecular complexity index is 971. The van der Waals surface area contributed by atoms with Crippen LogP contribution in [0.25, 0.3) is 11.4 Å². The Kier molecular flexibility index (Phi) is 5.41. The molecule has 8 heteroatoms. The first-order chi connectivity index (χ1) is 14.1. The Balaban J connectivity index is 1.26. The molecule has 1 fully saturated rings. The van der Waals surface area contributed by atoms with E-state index in [1.807, 2.05) is 31.2 Å². The van der Waals surface area contributed by atoms with E-state index in [-0.39, 0.29) is 11.8 Å². The van der Waals surface area contributed by atoms with Crippen LogP contribution in [0.15, 0.2) is 51.6 Å². The normalized spacial score (nSPS) is 14.2. The van der Waals surface area contributed by atoms with E-state index >= 15 is 0 Å². The van der Waals surface area contributed by atoms with E-state index in [4.69, 9.17) is 8.94 Å². The average Bonchev–Trinajstić information content (AvgIpc) is 3.44. The minimum Gasteiger partial charge on any atom is -0.459 e. The zero-order valence-corrected chi connectivity index (χ0v) is 16.2. The summed E-state index contributed by atoms with van der Waals surface area (Å²) in [4.78, 5) is 32.6. The van der Waals surface area contributed by atoms with Crippen molar-refractivity contribution < 1.29 is 18.5 Å². The van der Waals surface area contributed by atoms with Crippen LogP contribution >= 0.6 is 0 Å². The molecule has 0 spiro atoms. The van der Waals surface area contributed by atoms with Crippen molar-refractivity contribution >= 4 is 11.8 Å². The van der Waals surface area contributed by atoms with Gasteiger partial charge in [-0.3, -0.25) is 9.59 Å². The van der Waals surface area contributed by atoms with Crippen LogP contribution in [0.4, 0.5) is 0 Å². The first kappa shape index (κ1) is 18.9. The minimum atomic E-state index is -0.142. The molecule has 8 nitrogen and oxygen atoms in total. The monoisotopic (exact) mass is 394 g/mol. The van der Waals surface area contributed by atoms with Crippen molar-refractivity contribution in [1.82, 2.24) is 19.9 Å². The van der Waals surface area contributed by atoms with Crippen LogP contribution in [0, 0.1) is 6.92 Å². The van der Waals surface area contributed by atoms with Crippen molar-refractivity contribution in [2.75, 3.05) is 26.2 Å². The highest BCUT2D eigenvalue weighted by Crippen LogP contribution is 2.17. The summed E-state index contributed by atoms with van der Waals surface area (Å²) in [5, 5.41) is 4.00. The molecule has 1 aliphatic rings. The van der Waals surface area contributed by atoms with E-state index < -0.39 is 0 Å². The molecule has 0 N–H and O–H groups in total. The van der Waals surface area contributed by atoms with Crippen molar-refractivity contribution in [3.05, 3.63) is 59.9 Å². The van der Waals surface area contributed by atoms with Crippen LogP contribution in [0.2, 0.25) is 0 Å². The molecular formula is C21H22N4O4. The Morgan fingerprint density at radius 2 is 1.76 bits per heavy atom. The zero-order chi connectivity index (χ0) is 20.2. The third-order valence-electron chi connectivity index (χ3n) is 4.98. The third-order valence-corrected chi connectivity index (χ3v) is 4.98. The smallest absolute Gasteiger partial charge is 0.289 e. The molecule has 0 atom stereocenters. The Morgan fingerprint density at radius 1 is 1.03 bits per heavy atom. The van der Waals surface area contributed by atoms with Crippen LogP contribution in [-0.4, -0.2) is 57.9 Å². The summed E-state index contributed by atoms with van der Waals surface area (Å²) >= 11 is 0. The summed E-state index contributed by atoms with van der Waals surface area (Å²) in [5.41, 5.74) is 2.04. The van der Waals surface area contributed by atoms with E-state index in [2.05, 4.69) is 10.1 Å². The number of piperazine rings is 1. The van der Waals surface area contributed by atoms with Gasteiger partial charge in [0.25, 0.3) is 5.91 Å². The van der Waals surface area contributed by atoms with Gasteiger partial charge in [-0.2, -0.15) is 4.98 Å². The molecule has 2 aromatic heterocycles. The summed E-state index contributed by atoms with van der Waals surface area (Å²) in [6, 6.07) is 11.2. The number of rotatable bonds is 5. The first-order valence-electron chi connectivity index (χ1n) is 9.60. The molecule has 0 bridgehead atoms. The molecule has 0 saturated carbocycles. The number of aromatic nitrogens is 2. The molecule has 0 radical (unpaired) electrons. The van der Waals surface area contributed by atoms with Crippen LogP contribution in [-0.2, 0) is 11.2 Å². The average molecular weight is 394 g/mol. The second-order valence-corrected chi connectivity index (χ2v) is 7.03. The quantitative estimate of drug-likeness (QED) is 0.660. The number of furan rings is 1. The molecule has 0 unspecified atom stereocenters. The molecule has 3 aromatic rings. The molecular weight excluding hydrogens is 372 g/mol. The SMILES string of the molecule is Cc1ccc(-c2noc(CCC(=O)N3CCN(C(=O)c4ccco4)CC3)n2)cc1. The maximum absolute atomic E-state index is 12.5. The van der Waals surface area contributed by atoms with Crippen molar-refractivity contribution in [2.45, 2.75) is 19.8 Å². The molecule has 2 amide bonds. The van der Waals surface area contributed by atoms with Crippen molar-refractivity contribution in [3.63, 3.8) is 0 Å². The number of carbonyl (C=O) groups is 2. The second-order valence-electron chi connectivity index (χ2n) is 7.03. The van der Waals surface area contributed by atoms with E-state index in [9.17, 15) is 9.59 Å². The molecule has 4 rings (SSSR count). The minimum absolute atomic E-state index is 0.0187. The lowest BCUT2D eigenvalue weighted by Gasteiger charge is -2.34. The Hall–Kier alpha value is -3.42. The predicted molar refractivity (Wildman–Crippen MR) is 104 cm³/mol. The number of nitrogens with zero attached hydrogens (tertiary/aromatic N) is 4. The molecule has 29 heavy (non-hydrogen) atoms. The Labute approximate surface area is 168 Å². The maximum Gasteiger partial charge on any atom is 0.289 e. The number of aryl methyl sites for hydroxylation is 2. The summed E-state index contributed by atoms with van der Waals surface area (Å²) < 4.78 is 10.4. The van der Waals surface area contributed by atoms with Crippen molar-refractivity contribution in [2.24, 2.45) is 0 Å². The van der Waals surface area contributed by atoms with Gasteiger partial charge >= 0.3 is 0 Å². The van der Waals surface area contributed by atoms with Gasteiger partial charge in [-0.1, -0.05) is 35.0 Å². The number of benzene rings is 1. The molecule has 0 aliphatic carbocycles.